The molecule has 2 heterocycles. The zero-order chi connectivity index (χ0) is 18.1. The van der Waals surface area contributed by atoms with Crippen LogP contribution in [-0.2, 0) is 4.79 Å². The molecule has 1 N–H and O–H groups in total. The Bertz CT molecular complexity index is 933. The predicted molar refractivity (Wildman–Crippen MR) is 99.9 cm³/mol. The summed E-state index contributed by atoms with van der Waals surface area (Å²) in [6, 6.07) is 6.59. The smallest absolute Gasteiger partial charge is 0.236 e. The Labute approximate surface area is 157 Å². The van der Waals surface area contributed by atoms with Crippen LogP contribution in [0.5, 0.6) is 0 Å². The van der Waals surface area contributed by atoms with E-state index in [0.717, 1.165) is 29.4 Å². The molecule has 0 atom stereocenters. The fourth-order valence-corrected chi connectivity index (χ4v) is 4.16. The largest absolute Gasteiger partial charge is 0.303 e. The van der Waals surface area contributed by atoms with Gasteiger partial charge >= 0.3 is 0 Å². The molecule has 1 aliphatic carbocycles. The average Bonchev–Trinajstić information content (AvgIpc) is 3.24. The summed E-state index contributed by atoms with van der Waals surface area (Å²) in [6.45, 7) is 1.93. The van der Waals surface area contributed by atoms with Crippen LogP contribution in [-0.4, -0.2) is 31.4 Å². The minimum Gasteiger partial charge on any atom is -0.303 e. The van der Waals surface area contributed by atoms with Crippen molar-refractivity contribution in [2.75, 3.05) is 11.1 Å². The minimum absolute atomic E-state index is 0.141. The molecule has 0 bridgehead atoms. The van der Waals surface area contributed by atoms with Crippen molar-refractivity contribution in [2.45, 2.75) is 31.0 Å². The van der Waals surface area contributed by atoms with E-state index in [2.05, 4.69) is 25.1 Å². The lowest BCUT2D eigenvalue weighted by Crippen LogP contribution is -2.14. The quantitative estimate of drug-likeness (QED) is 0.647. The van der Waals surface area contributed by atoms with Gasteiger partial charge in [-0.25, -0.2) is 9.37 Å². The maximum absolute atomic E-state index is 13.0. The van der Waals surface area contributed by atoms with Crippen molar-refractivity contribution in [3.8, 4) is 11.3 Å². The van der Waals surface area contributed by atoms with Crippen molar-refractivity contribution in [2.24, 2.45) is 0 Å². The molecular weight excluding hydrogens is 373 g/mol. The Hall–Kier alpha value is -2.26. The molecule has 3 aromatic rings. The molecule has 2 aromatic heterocycles. The van der Waals surface area contributed by atoms with Crippen molar-refractivity contribution in [3.05, 3.63) is 41.3 Å². The van der Waals surface area contributed by atoms with Crippen LogP contribution in [0, 0.1) is 12.7 Å². The highest BCUT2D eigenvalue weighted by molar-refractivity contribution is 7.99. The highest BCUT2D eigenvalue weighted by Crippen LogP contribution is 2.38. The van der Waals surface area contributed by atoms with Crippen LogP contribution in [0.25, 0.3) is 11.3 Å². The number of carbonyl (C=O) groups excluding carboxylic acids is 1. The lowest BCUT2D eigenvalue weighted by Gasteiger charge is -2.06. The number of aromatic nitrogens is 4. The number of nitrogens with zero attached hydrogens (tertiary/aromatic N) is 4. The number of hydrogen-bond donors (Lipinski definition) is 1. The summed E-state index contributed by atoms with van der Waals surface area (Å²) >= 11 is 2.72. The van der Waals surface area contributed by atoms with Gasteiger partial charge in [0, 0.05) is 17.0 Å². The van der Waals surface area contributed by atoms with Gasteiger partial charge in [0.25, 0.3) is 0 Å². The molecule has 1 saturated carbocycles. The van der Waals surface area contributed by atoms with Crippen LogP contribution in [0.1, 0.15) is 24.7 Å². The molecule has 134 valence electrons. The molecule has 0 saturated heterocycles. The van der Waals surface area contributed by atoms with E-state index in [9.17, 15) is 9.18 Å². The van der Waals surface area contributed by atoms with E-state index in [1.165, 1.54) is 35.2 Å². The van der Waals surface area contributed by atoms with Crippen molar-refractivity contribution in [3.63, 3.8) is 0 Å². The molecule has 0 aliphatic heterocycles. The van der Waals surface area contributed by atoms with Gasteiger partial charge < -0.3 is 9.88 Å². The van der Waals surface area contributed by atoms with Crippen LogP contribution < -0.4 is 5.32 Å². The van der Waals surface area contributed by atoms with E-state index in [-0.39, 0.29) is 17.5 Å². The number of thioether (sulfide) groups is 1. The first-order valence-electron chi connectivity index (χ1n) is 8.16. The molecule has 1 aromatic carbocycles. The molecule has 6 nitrogen and oxygen atoms in total. The summed E-state index contributed by atoms with van der Waals surface area (Å²) in [6.07, 6.45) is 2.29. The zero-order valence-electron chi connectivity index (χ0n) is 14.0. The molecule has 26 heavy (non-hydrogen) atoms. The van der Waals surface area contributed by atoms with Crippen LogP contribution in [0.2, 0.25) is 0 Å². The summed E-state index contributed by atoms with van der Waals surface area (Å²) in [5.41, 5.74) is 1.52. The van der Waals surface area contributed by atoms with Crippen molar-refractivity contribution < 1.29 is 9.18 Å². The van der Waals surface area contributed by atoms with Gasteiger partial charge in [0.15, 0.2) is 10.3 Å². The fourth-order valence-electron chi connectivity index (χ4n) is 2.57. The maximum Gasteiger partial charge on any atom is 0.236 e. The van der Waals surface area contributed by atoms with Crippen LogP contribution >= 0.6 is 23.1 Å². The van der Waals surface area contributed by atoms with E-state index in [1.54, 1.807) is 12.1 Å². The number of thiazole rings is 1. The van der Waals surface area contributed by atoms with Crippen molar-refractivity contribution in [1.82, 2.24) is 19.7 Å². The third-order valence-electron chi connectivity index (χ3n) is 3.97. The maximum atomic E-state index is 13.0. The average molecular weight is 389 g/mol. The lowest BCUT2D eigenvalue weighted by molar-refractivity contribution is -0.113. The van der Waals surface area contributed by atoms with Crippen molar-refractivity contribution in [1.29, 1.82) is 0 Å². The van der Waals surface area contributed by atoms with Gasteiger partial charge in [-0.05, 0) is 44.0 Å². The van der Waals surface area contributed by atoms with Crippen LogP contribution in [0.3, 0.4) is 0 Å². The standard InChI is InChI=1S/C17H16FN5OS2/c1-10-21-22-17(23(10)13-6-7-13)26-9-15(24)20-16-19-14(8-25-16)11-2-4-12(18)5-3-11/h2-5,8,13H,6-7,9H2,1H3,(H,19,20,24). The normalized spacial score (nSPS) is 13.8. The van der Waals surface area contributed by atoms with E-state index in [0.29, 0.717) is 16.9 Å². The number of rotatable bonds is 6. The molecule has 4 rings (SSSR count). The number of aryl methyl sites for hydroxylation is 1. The van der Waals surface area contributed by atoms with Gasteiger partial charge in [-0.15, -0.1) is 21.5 Å². The number of hydrogen-bond acceptors (Lipinski definition) is 6. The van der Waals surface area contributed by atoms with Gasteiger partial charge in [0.05, 0.1) is 11.4 Å². The summed E-state index contributed by atoms with van der Waals surface area (Å²) in [7, 11) is 0. The Morgan fingerprint density at radius 1 is 1.35 bits per heavy atom. The number of carbonyl (C=O) groups is 1. The highest BCUT2D eigenvalue weighted by Gasteiger charge is 2.28. The highest BCUT2D eigenvalue weighted by atomic mass is 32.2. The zero-order valence-corrected chi connectivity index (χ0v) is 15.6. The molecule has 1 aliphatic rings. The Morgan fingerprint density at radius 2 is 2.12 bits per heavy atom. The number of amides is 1. The van der Waals surface area contributed by atoms with E-state index < -0.39 is 0 Å². The first kappa shape index (κ1) is 17.2. The summed E-state index contributed by atoms with van der Waals surface area (Å²) in [4.78, 5) is 16.6. The monoisotopic (exact) mass is 389 g/mol. The van der Waals surface area contributed by atoms with Crippen molar-refractivity contribution >= 4 is 34.1 Å². The van der Waals surface area contributed by atoms with E-state index >= 15 is 0 Å². The molecule has 0 radical (unpaired) electrons. The third kappa shape index (κ3) is 3.78. The first-order chi connectivity index (χ1) is 12.6. The second kappa shape index (κ2) is 7.16. The second-order valence-corrected chi connectivity index (χ2v) is 7.81. The SMILES string of the molecule is Cc1nnc(SCC(=O)Nc2nc(-c3ccc(F)cc3)cs2)n1C1CC1. The lowest BCUT2D eigenvalue weighted by atomic mass is 10.2. The summed E-state index contributed by atoms with van der Waals surface area (Å²) < 4.78 is 15.1. The van der Waals surface area contributed by atoms with E-state index in [1.807, 2.05) is 12.3 Å². The second-order valence-electron chi connectivity index (χ2n) is 6.01. The van der Waals surface area contributed by atoms with E-state index in [4.69, 9.17) is 0 Å². The molecule has 0 unspecified atom stereocenters. The summed E-state index contributed by atoms with van der Waals surface area (Å²) in [5, 5.41) is 14.2. The van der Waals surface area contributed by atoms with Crippen LogP contribution in [0.4, 0.5) is 9.52 Å². The Kier molecular flexibility index (Phi) is 4.73. The molecule has 0 spiro atoms. The first-order valence-corrected chi connectivity index (χ1v) is 10.0. The predicted octanol–water partition coefficient (Wildman–Crippen LogP) is 3.91. The van der Waals surface area contributed by atoms with Gasteiger partial charge in [-0.1, -0.05) is 11.8 Å². The molecule has 1 amide bonds. The molecular formula is C17H16FN5OS2. The number of nitrogens with one attached hydrogen (secondary N) is 1. The Balaban J connectivity index is 1.36. The van der Waals surface area contributed by atoms with Crippen LogP contribution in [0.15, 0.2) is 34.8 Å². The van der Waals surface area contributed by atoms with Gasteiger partial charge in [0.1, 0.15) is 11.6 Å². The Morgan fingerprint density at radius 3 is 2.85 bits per heavy atom. The van der Waals surface area contributed by atoms with Gasteiger partial charge in [0.2, 0.25) is 5.91 Å². The topological polar surface area (TPSA) is 72.7 Å². The van der Waals surface area contributed by atoms with Gasteiger partial charge in [-0.2, -0.15) is 0 Å². The number of anilines is 1. The number of benzene rings is 1. The number of halogens is 1. The summed E-state index contributed by atoms with van der Waals surface area (Å²) in [5.74, 6) is 0.706. The minimum atomic E-state index is -0.288. The fraction of sp³-hybridized carbons (Fsp3) is 0.294. The molecule has 1 fully saturated rings. The third-order valence-corrected chi connectivity index (χ3v) is 5.67. The van der Waals surface area contributed by atoms with Gasteiger partial charge in [-0.3, -0.25) is 4.79 Å². The molecule has 9 heteroatoms.